The molecule has 2 N–H and O–H groups in total. The van der Waals surface area contributed by atoms with Gasteiger partial charge in [-0.25, -0.2) is 0 Å². The molecule has 26 heavy (non-hydrogen) atoms. The van der Waals surface area contributed by atoms with E-state index in [1.165, 1.54) is 0 Å². The first-order chi connectivity index (χ1) is 12.4. The van der Waals surface area contributed by atoms with E-state index in [9.17, 15) is 9.90 Å². The number of likely N-dealkylation sites (tertiary alicyclic amines) is 1. The SMILES string of the molecule is COc1cc(-c2ccccc2)ccc1C(=O)N1CC2(CCC(C)(O)N2)C1. The Morgan fingerprint density at radius 1 is 1.12 bits per heavy atom. The van der Waals surface area contributed by atoms with Gasteiger partial charge in [-0.15, -0.1) is 0 Å². The summed E-state index contributed by atoms with van der Waals surface area (Å²) in [5, 5.41) is 13.4. The number of nitrogens with one attached hydrogen (secondary N) is 1. The monoisotopic (exact) mass is 352 g/mol. The van der Waals surface area contributed by atoms with Crippen LogP contribution in [-0.2, 0) is 0 Å². The molecule has 1 unspecified atom stereocenters. The lowest BCUT2D eigenvalue weighted by atomic mass is 9.87. The maximum Gasteiger partial charge on any atom is 0.257 e. The third-order valence-corrected chi connectivity index (χ3v) is 5.44. The summed E-state index contributed by atoms with van der Waals surface area (Å²) >= 11 is 0. The molecule has 2 fully saturated rings. The fourth-order valence-electron chi connectivity index (χ4n) is 4.09. The summed E-state index contributed by atoms with van der Waals surface area (Å²) in [5.74, 6) is 0.559. The van der Waals surface area contributed by atoms with Crippen LogP contribution in [0.15, 0.2) is 48.5 Å². The highest BCUT2D eigenvalue weighted by Gasteiger charge is 2.52. The number of carbonyl (C=O) groups is 1. The second kappa shape index (κ2) is 6.11. The fraction of sp³-hybridized carbons (Fsp3) is 0.381. The van der Waals surface area contributed by atoms with E-state index in [-0.39, 0.29) is 11.4 Å². The molecule has 2 saturated heterocycles. The van der Waals surface area contributed by atoms with Gasteiger partial charge in [-0.3, -0.25) is 10.1 Å². The van der Waals surface area contributed by atoms with E-state index < -0.39 is 5.72 Å². The number of benzene rings is 2. The van der Waals surface area contributed by atoms with E-state index in [1.807, 2.05) is 53.4 Å². The topological polar surface area (TPSA) is 61.8 Å². The maximum atomic E-state index is 12.9. The Bertz CT molecular complexity index is 826. The summed E-state index contributed by atoms with van der Waals surface area (Å²) in [6, 6.07) is 15.7. The number of nitrogens with zero attached hydrogens (tertiary/aromatic N) is 1. The van der Waals surface area contributed by atoms with Crippen molar-refractivity contribution in [2.75, 3.05) is 20.2 Å². The molecule has 136 valence electrons. The molecule has 5 nitrogen and oxygen atoms in total. The van der Waals surface area contributed by atoms with Crippen LogP contribution < -0.4 is 10.1 Å². The average molecular weight is 352 g/mol. The maximum absolute atomic E-state index is 12.9. The van der Waals surface area contributed by atoms with Gasteiger partial charge < -0.3 is 14.7 Å². The number of hydrogen-bond donors (Lipinski definition) is 2. The van der Waals surface area contributed by atoms with Gasteiger partial charge in [-0.2, -0.15) is 0 Å². The Kier molecular flexibility index (Phi) is 4.01. The van der Waals surface area contributed by atoms with Gasteiger partial charge in [0, 0.05) is 13.1 Å². The van der Waals surface area contributed by atoms with Crippen LogP contribution in [0.1, 0.15) is 30.1 Å². The largest absolute Gasteiger partial charge is 0.496 e. The number of aliphatic hydroxyl groups is 1. The first-order valence-corrected chi connectivity index (χ1v) is 8.96. The summed E-state index contributed by atoms with van der Waals surface area (Å²) in [7, 11) is 1.59. The minimum atomic E-state index is -0.829. The summed E-state index contributed by atoms with van der Waals surface area (Å²) in [5.41, 5.74) is 1.71. The van der Waals surface area contributed by atoms with E-state index in [0.29, 0.717) is 30.8 Å². The van der Waals surface area contributed by atoms with Gasteiger partial charge in [0.05, 0.1) is 18.2 Å². The smallest absolute Gasteiger partial charge is 0.257 e. The number of carbonyl (C=O) groups excluding carboxylic acids is 1. The van der Waals surface area contributed by atoms with Gasteiger partial charge in [0.1, 0.15) is 11.5 Å². The van der Waals surface area contributed by atoms with Crippen molar-refractivity contribution < 1.29 is 14.6 Å². The molecular formula is C21H24N2O3. The van der Waals surface area contributed by atoms with Crippen LogP contribution >= 0.6 is 0 Å². The number of methoxy groups -OCH3 is 1. The molecule has 0 aliphatic carbocycles. The Morgan fingerprint density at radius 2 is 1.85 bits per heavy atom. The molecular weight excluding hydrogens is 328 g/mol. The molecule has 2 aromatic rings. The lowest BCUT2D eigenvalue weighted by molar-refractivity contribution is -0.00660. The molecule has 2 heterocycles. The Labute approximate surface area is 153 Å². The third kappa shape index (κ3) is 2.97. The molecule has 0 saturated carbocycles. The van der Waals surface area contributed by atoms with Crippen molar-refractivity contribution in [3.8, 4) is 16.9 Å². The van der Waals surface area contributed by atoms with Crippen LogP contribution in [0.2, 0.25) is 0 Å². The molecule has 0 radical (unpaired) electrons. The fourth-order valence-corrected chi connectivity index (χ4v) is 4.09. The van der Waals surface area contributed by atoms with E-state index >= 15 is 0 Å². The molecule has 5 heteroatoms. The minimum Gasteiger partial charge on any atom is -0.496 e. The molecule has 2 aromatic carbocycles. The van der Waals surface area contributed by atoms with Crippen LogP contribution in [-0.4, -0.2) is 47.4 Å². The lowest BCUT2D eigenvalue weighted by Gasteiger charge is -2.49. The summed E-state index contributed by atoms with van der Waals surface area (Å²) in [6.07, 6.45) is 1.60. The highest BCUT2D eigenvalue weighted by molar-refractivity contribution is 5.98. The average Bonchev–Trinajstić information content (AvgIpc) is 2.96. The molecule has 2 aliphatic heterocycles. The summed E-state index contributed by atoms with van der Waals surface area (Å²) in [6.45, 7) is 3.02. The van der Waals surface area contributed by atoms with Gasteiger partial charge in [0.2, 0.25) is 0 Å². The van der Waals surface area contributed by atoms with Gasteiger partial charge in [-0.05, 0) is 43.0 Å². The van der Waals surface area contributed by atoms with Crippen molar-refractivity contribution in [3.63, 3.8) is 0 Å². The zero-order valence-corrected chi connectivity index (χ0v) is 15.2. The lowest BCUT2D eigenvalue weighted by Crippen LogP contribution is -2.70. The van der Waals surface area contributed by atoms with Crippen molar-refractivity contribution in [2.24, 2.45) is 0 Å². The third-order valence-electron chi connectivity index (χ3n) is 5.44. The van der Waals surface area contributed by atoms with E-state index in [2.05, 4.69) is 5.32 Å². The van der Waals surface area contributed by atoms with E-state index in [0.717, 1.165) is 17.5 Å². The van der Waals surface area contributed by atoms with Crippen LogP contribution in [0.3, 0.4) is 0 Å². The van der Waals surface area contributed by atoms with Crippen LogP contribution in [0.5, 0.6) is 5.75 Å². The number of ether oxygens (including phenoxy) is 1. The van der Waals surface area contributed by atoms with Crippen molar-refractivity contribution in [1.82, 2.24) is 10.2 Å². The summed E-state index contributed by atoms with van der Waals surface area (Å²) in [4.78, 5) is 14.7. The van der Waals surface area contributed by atoms with Crippen LogP contribution in [0.4, 0.5) is 0 Å². The number of amides is 1. The first-order valence-electron chi connectivity index (χ1n) is 8.96. The Balaban J connectivity index is 1.52. The molecule has 0 aromatic heterocycles. The highest BCUT2D eigenvalue weighted by atomic mass is 16.5. The molecule has 1 spiro atoms. The zero-order valence-electron chi connectivity index (χ0n) is 15.2. The van der Waals surface area contributed by atoms with E-state index in [4.69, 9.17) is 4.74 Å². The first kappa shape index (κ1) is 17.1. The number of rotatable bonds is 3. The van der Waals surface area contributed by atoms with Crippen molar-refractivity contribution >= 4 is 5.91 Å². The summed E-state index contributed by atoms with van der Waals surface area (Å²) < 4.78 is 5.49. The number of hydrogen-bond acceptors (Lipinski definition) is 4. The van der Waals surface area contributed by atoms with Crippen molar-refractivity contribution in [3.05, 3.63) is 54.1 Å². The van der Waals surface area contributed by atoms with Crippen molar-refractivity contribution in [1.29, 1.82) is 0 Å². The molecule has 1 atom stereocenters. The molecule has 0 bridgehead atoms. The Morgan fingerprint density at radius 3 is 2.46 bits per heavy atom. The minimum absolute atomic E-state index is 0.0274. The molecule has 2 aliphatic rings. The Hall–Kier alpha value is -2.37. The second-order valence-corrected chi connectivity index (χ2v) is 7.62. The zero-order chi connectivity index (χ0) is 18.4. The van der Waals surface area contributed by atoms with Gasteiger partial charge >= 0.3 is 0 Å². The molecule has 4 rings (SSSR count). The van der Waals surface area contributed by atoms with Crippen LogP contribution in [0, 0.1) is 0 Å². The van der Waals surface area contributed by atoms with Crippen molar-refractivity contribution in [2.45, 2.75) is 31.0 Å². The molecule has 1 amide bonds. The van der Waals surface area contributed by atoms with Gasteiger partial charge in [0.25, 0.3) is 5.91 Å². The quantitative estimate of drug-likeness (QED) is 0.892. The van der Waals surface area contributed by atoms with Gasteiger partial charge in [-0.1, -0.05) is 36.4 Å². The van der Waals surface area contributed by atoms with Gasteiger partial charge in [0.15, 0.2) is 0 Å². The highest BCUT2D eigenvalue weighted by Crippen LogP contribution is 2.38. The van der Waals surface area contributed by atoms with Crippen LogP contribution in [0.25, 0.3) is 11.1 Å². The second-order valence-electron chi connectivity index (χ2n) is 7.62. The predicted octanol–water partition coefficient (Wildman–Crippen LogP) is 2.65. The predicted molar refractivity (Wildman–Crippen MR) is 100 cm³/mol. The standard InChI is InChI=1S/C21H24N2O3/c1-20(25)10-11-21(22-20)13-23(14-21)19(24)17-9-8-16(12-18(17)26-2)15-6-4-3-5-7-15/h3-9,12,22,25H,10-11,13-14H2,1-2H3. The van der Waals surface area contributed by atoms with E-state index in [1.54, 1.807) is 14.0 Å². The normalized spacial score (nSPS) is 23.7.